The molecule has 0 saturated heterocycles. The molecule has 2 heteroatoms. The first-order valence-corrected chi connectivity index (χ1v) is 7.18. The van der Waals surface area contributed by atoms with E-state index in [1.807, 2.05) is 18.2 Å². The lowest BCUT2D eigenvalue weighted by molar-refractivity contribution is 0.399. The molecule has 2 nitrogen and oxygen atoms in total. The van der Waals surface area contributed by atoms with Crippen molar-refractivity contribution in [2.45, 2.75) is 32.9 Å². The van der Waals surface area contributed by atoms with Gasteiger partial charge in [-0.1, -0.05) is 56.3 Å². The van der Waals surface area contributed by atoms with Gasteiger partial charge in [0.2, 0.25) is 0 Å². The lowest BCUT2D eigenvalue weighted by Gasteiger charge is -2.26. The number of phenolic OH excluding ortho intramolecular Hbond substituents is 1. The molecule has 2 atom stereocenters. The van der Waals surface area contributed by atoms with Gasteiger partial charge in [0, 0.05) is 6.04 Å². The maximum Gasteiger partial charge on any atom is 0.115 e. The van der Waals surface area contributed by atoms with Gasteiger partial charge in [-0.3, -0.25) is 0 Å². The van der Waals surface area contributed by atoms with Crippen molar-refractivity contribution in [3.05, 3.63) is 65.7 Å². The zero-order valence-electron chi connectivity index (χ0n) is 12.4. The topological polar surface area (TPSA) is 32.3 Å². The van der Waals surface area contributed by atoms with Gasteiger partial charge in [0.15, 0.2) is 0 Å². The zero-order chi connectivity index (χ0) is 14.5. The SMILES string of the molecule is CC(C)C(C)NC(c1ccccc1)c1ccc(O)cc1. The number of aromatic hydroxyl groups is 1. The third-order valence-electron chi connectivity index (χ3n) is 3.79. The van der Waals surface area contributed by atoms with E-state index in [0.29, 0.717) is 17.7 Å². The number of rotatable bonds is 5. The Morgan fingerprint density at radius 3 is 1.90 bits per heavy atom. The van der Waals surface area contributed by atoms with Crippen LogP contribution in [0.4, 0.5) is 0 Å². The molecule has 0 saturated carbocycles. The Bertz CT molecular complexity index is 519. The van der Waals surface area contributed by atoms with Crippen molar-refractivity contribution >= 4 is 0 Å². The highest BCUT2D eigenvalue weighted by molar-refractivity contribution is 5.35. The molecule has 0 radical (unpaired) electrons. The predicted octanol–water partition coefficient (Wildman–Crippen LogP) is 4.12. The largest absolute Gasteiger partial charge is 0.508 e. The van der Waals surface area contributed by atoms with Gasteiger partial charge in [0.25, 0.3) is 0 Å². The van der Waals surface area contributed by atoms with Gasteiger partial charge in [0.1, 0.15) is 5.75 Å². The summed E-state index contributed by atoms with van der Waals surface area (Å²) in [5, 5.41) is 13.1. The molecule has 0 aliphatic heterocycles. The van der Waals surface area contributed by atoms with Crippen LogP contribution in [0.2, 0.25) is 0 Å². The molecule has 2 unspecified atom stereocenters. The van der Waals surface area contributed by atoms with Crippen molar-refractivity contribution in [3.8, 4) is 5.75 Å². The number of hydrogen-bond donors (Lipinski definition) is 2. The molecule has 2 N–H and O–H groups in total. The van der Waals surface area contributed by atoms with Crippen molar-refractivity contribution in [1.29, 1.82) is 0 Å². The molecule has 0 fully saturated rings. The van der Waals surface area contributed by atoms with E-state index in [4.69, 9.17) is 0 Å². The van der Waals surface area contributed by atoms with Crippen molar-refractivity contribution in [1.82, 2.24) is 5.32 Å². The number of nitrogens with one attached hydrogen (secondary N) is 1. The van der Waals surface area contributed by atoms with E-state index in [1.165, 1.54) is 11.1 Å². The molecule has 2 rings (SSSR count). The summed E-state index contributed by atoms with van der Waals surface area (Å²) in [6.07, 6.45) is 0. The first-order chi connectivity index (χ1) is 9.58. The summed E-state index contributed by atoms with van der Waals surface area (Å²) in [6.45, 7) is 6.65. The van der Waals surface area contributed by atoms with Crippen molar-refractivity contribution < 1.29 is 5.11 Å². The molecule has 0 spiro atoms. The Labute approximate surface area is 121 Å². The van der Waals surface area contributed by atoms with Crippen LogP contribution in [0.15, 0.2) is 54.6 Å². The van der Waals surface area contributed by atoms with Crippen LogP contribution in [0.1, 0.15) is 37.9 Å². The molecule has 0 heterocycles. The Balaban J connectivity index is 2.31. The van der Waals surface area contributed by atoms with Gasteiger partial charge in [-0.25, -0.2) is 0 Å². The highest BCUT2D eigenvalue weighted by Gasteiger charge is 2.17. The summed E-state index contributed by atoms with van der Waals surface area (Å²) in [4.78, 5) is 0. The molecule has 0 amide bonds. The van der Waals surface area contributed by atoms with E-state index in [-0.39, 0.29) is 6.04 Å². The van der Waals surface area contributed by atoms with E-state index in [0.717, 1.165) is 0 Å². The highest BCUT2D eigenvalue weighted by Crippen LogP contribution is 2.25. The Kier molecular flexibility index (Phi) is 4.80. The van der Waals surface area contributed by atoms with Gasteiger partial charge in [-0.05, 0) is 36.1 Å². The second kappa shape index (κ2) is 6.58. The number of phenols is 1. The average molecular weight is 269 g/mol. The normalized spacial score (nSPS) is 14.2. The molecule has 0 aliphatic rings. The summed E-state index contributed by atoms with van der Waals surface area (Å²) in [6, 6.07) is 18.4. The van der Waals surface area contributed by atoms with Crippen LogP contribution in [-0.4, -0.2) is 11.1 Å². The molecule has 20 heavy (non-hydrogen) atoms. The Morgan fingerprint density at radius 2 is 1.35 bits per heavy atom. The first kappa shape index (κ1) is 14.6. The second-order valence-electron chi connectivity index (χ2n) is 5.63. The fraction of sp³-hybridized carbons (Fsp3) is 0.333. The monoisotopic (exact) mass is 269 g/mol. The quantitative estimate of drug-likeness (QED) is 0.856. The first-order valence-electron chi connectivity index (χ1n) is 7.18. The average Bonchev–Trinajstić information content (AvgIpc) is 2.46. The number of benzene rings is 2. The van der Waals surface area contributed by atoms with Gasteiger partial charge < -0.3 is 10.4 Å². The van der Waals surface area contributed by atoms with E-state index < -0.39 is 0 Å². The summed E-state index contributed by atoms with van der Waals surface area (Å²) < 4.78 is 0. The van der Waals surface area contributed by atoms with E-state index in [2.05, 4.69) is 50.4 Å². The van der Waals surface area contributed by atoms with Gasteiger partial charge in [-0.15, -0.1) is 0 Å². The molecule has 2 aromatic carbocycles. The fourth-order valence-electron chi connectivity index (χ4n) is 2.15. The summed E-state index contributed by atoms with van der Waals surface area (Å²) in [5.41, 5.74) is 2.41. The standard InChI is InChI=1S/C18H23NO/c1-13(2)14(3)19-18(15-7-5-4-6-8-15)16-9-11-17(20)12-10-16/h4-14,18-20H,1-3H3. The van der Waals surface area contributed by atoms with E-state index in [9.17, 15) is 5.11 Å². The molecular weight excluding hydrogens is 246 g/mol. The van der Waals surface area contributed by atoms with Crippen molar-refractivity contribution in [3.63, 3.8) is 0 Å². The Morgan fingerprint density at radius 1 is 0.800 bits per heavy atom. The van der Waals surface area contributed by atoms with Gasteiger partial charge >= 0.3 is 0 Å². The van der Waals surface area contributed by atoms with Crippen LogP contribution < -0.4 is 5.32 Å². The molecular formula is C18H23NO. The summed E-state index contributed by atoms with van der Waals surface area (Å²) in [5.74, 6) is 0.871. The van der Waals surface area contributed by atoms with Gasteiger partial charge in [0.05, 0.1) is 6.04 Å². The van der Waals surface area contributed by atoms with Crippen molar-refractivity contribution in [2.75, 3.05) is 0 Å². The van der Waals surface area contributed by atoms with E-state index >= 15 is 0 Å². The maximum atomic E-state index is 9.46. The minimum absolute atomic E-state index is 0.147. The summed E-state index contributed by atoms with van der Waals surface area (Å²) in [7, 11) is 0. The smallest absolute Gasteiger partial charge is 0.115 e. The third kappa shape index (κ3) is 3.61. The van der Waals surface area contributed by atoms with Crippen LogP contribution in [0.5, 0.6) is 5.75 Å². The predicted molar refractivity (Wildman–Crippen MR) is 83.8 cm³/mol. The molecule has 0 aliphatic carbocycles. The van der Waals surface area contributed by atoms with E-state index in [1.54, 1.807) is 12.1 Å². The number of hydrogen-bond acceptors (Lipinski definition) is 2. The molecule has 2 aromatic rings. The fourth-order valence-corrected chi connectivity index (χ4v) is 2.15. The van der Waals surface area contributed by atoms with Crippen LogP contribution in [0.3, 0.4) is 0 Å². The highest BCUT2D eigenvalue weighted by atomic mass is 16.3. The van der Waals surface area contributed by atoms with Gasteiger partial charge in [-0.2, -0.15) is 0 Å². The lowest BCUT2D eigenvalue weighted by Crippen LogP contribution is -2.34. The van der Waals surface area contributed by atoms with Crippen LogP contribution >= 0.6 is 0 Å². The van der Waals surface area contributed by atoms with Crippen LogP contribution in [-0.2, 0) is 0 Å². The Hall–Kier alpha value is -1.80. The third-order valence-corrected chi connectivity index (χ3v) is 3.79. The molecule has 0 bridgehead atoms. The van der Waals surface area contributed by atoms with Crippen LogP contribution in [0.25, 0.3) is 0 Å². The maximum absolute atomic E-state index is 9.46. The molecule has 0 aromatic heterocycles. The lowest BCUT2D eigenvalue weighted by atomic mass is 9.96. The zero-order valence-corrected chi connectivity index (χ0v) is 12.4. The van der Waals surface area contributed by atoms with Crippen LogP contribution in [0, 0.1) is 5.92 Å². The second-order valence-corrected chi connectivity index (χ2v) is 5.63. The summed E-state index contributed by atoms with van der Waals surface area (Å²) >= 11 is 0. The molecule has 106 valence electrons. The van der Waals surface area contributed by atoms with Crippen molar-refractivity contribution in [2.24, 2.45) is 5.92 Å². The minimum atomic E-state index is 0.147. The minimum Gasteiger partial charge on any atom is -0.508 e.